The molecule has 0 aromatic heterocycles. The molecule has 2 heterocycles. The number of carbonyl (C=O) groups excluding carboxylic acids is 2. The standard InChI is InChI=1S/C19H24N2O6S/c22-17(21-11-14-27-18(23)19(21)7-1-2-8-19)15-3-5-16(6-4-15)28(24,25)20-9-12-26-13-10-20/h3-6H,1-2,7-14H2. The largest absolute Gasteiger partial charge is 0.462 e. The molecule has 0 radical (unpaired) electrons. The van der Waals surface area contributed by atoms with Crippen LogP contribution in [0.3, 0.4) is 0 Å². The van der Waals surface area contributed by atoms with Crippen LogP contribution in [0.4, 0.5) is 0 Å². The SMILES string of the molecule is O=C(c1ccc(S(=O)(=O)N2CCOCC2)cc1)N1CCOC(=O)C12CCCC2. The van der Waals surface area contributed by atoms with Crippen molar-refractivity contribution in [3.8, 4) is 0 Å². The Bertz CT molecular complexity index is 855. The lowest BCUT2D eigenvalue weighted by Gasteiger charge is -2.42. The van der Waals surface area contributed by atoms with Crippen LogP contribution in [0, 0.1) is 0 Å². The van der Waals surface area contributed by atoms with Crippen molar-refractivity contribution in [3.05, 3.63) is 29.8 Å². The van der Waals surface area contributed by atoms with Crippen LogP contribution in [0.15, 0.2) is 29.2 Å². The minimum Gasteiger partial charge on any atom is -0.462 e. The molecule has 0 atom stereocenters. The van der Waals surface area contributed by atoms with E-state index >= 15 is 0 Å². The summed E-state index contributed by atoms with van der Waals surface area (Å²) in [7, 11) is -3.61. The smallest absolute Gasteiger partial charge is 0.332 e. The van der Waals surface area contributed by atoms with E-state index in [-0.39, 0.29) is 23.4 Å². The van der Waals surface area contributed by atoms with Crippen LogP contribution in [0.1, 0.15) is 36.0 Å². The number of esters is 1. The lowest BCUT2D eigenvalue weighted by atomic mass is 9.92. The van der Waals surface area contributed by atoms with Gasteiger partial charge in [0.2, 0.25) is 10.0 Å². The number of carbonyl (C=O) groups is 2. The average molecular weight is 408 g/mol. The Kier molecular flexibility index (Phi) is 5.15. The summed E-state index contributed by atoms with van der Waals surface area (Å²) in [6, 6.07) is 5.97. The maximum atomic E-state index is 13.1. The van der Waals surface area contributed by atoms with E-state index in [9.17, 15) is 18.0 Å². The molecule has 2 saturated heterocycles. The fourth-order valence-electron chi connectivity index (χ4n) is 4.28. The summed E-state index contributed by atoms with van der Waals surface area (Å²) in [5.74, 6) is -0.579. The second-order valence-corrected chi connectivity index (χ2v) is 9.31. The van der Waals surface area contributed by atoms with Crippen LogP contribution in [-0.4, -0.2) is 74.5 Å². The molecule has 4 rings (SSSR count). The van der Waals surface area contributed by atoms with Crippen LogP contribution in [-0.2, 0) is 24.3 Å². The highest BCUT2D eigenvalue weighted by atomic mass is 32.2. The summed E-state index contributed by atoms with van der Waals surface area (Å²) in [5.41, 5.74) is -0.490. The van der Waals surface area contributed by atoms with Gasteiger partial charge in [-0.25, -0.2) is 13.2 Å². The number of hydrogen-bond donors (Lipinski definition) is 0. The van der Waals surface area contributed by atoms with Crippen molar-refractivity contribution in [3.63, 3.8) is 0 Å². The van der Waals surface area contributed by atoms with E-state index in [1.807, 2.05) is 0 Å². The highest BCUT2D eigenvalue weighted by Crippen LogP contribution is 2.39. The quantitative estimate of drug-likeness (QED) is 0.694. The van der Waals surface area contributed by atoms with Crippen LogP contribution in [0.25, 0.3) is 0 Å². The van der Waals surface area contributed by atoms with Gasteiger partial charge in [-0.3, -0.25) is 4.79 Å². The maximum Gasteiger partial charge on any atom is 0.332 e. The van der Waals surface area contributed by atoms with Crippen molar-refractivity contribution in [2.75, 3.05) is 39.5 Å². The van der Waals surface area contributed by atoms with Crippen molar-refractivity contribution in [1.29, 1.82) is 0 Å². The number of sulfonamides is 1. The first-order valence-corrected chi connectivity index (χ1v) is 11.1. The molecule has 0 N–H and O–H groups in total. The molecule has 152 valence electrons. The highest BCUT2D eigenvalue weighted by molar-refractivity contribution is 7.89. The number of rotatable bonds is 3. The number of nitrogens with zero attached hydrogens (tertiary/aromatic N) is 2. The fraction of sp³-hybridized carbons (Fsp3) is 0.579. The monoisotopic (exact) mass is 408 g/mol. The molecule has 1 aromatic carbocycles. The minimum atomic E-state index is -3.61. The van der Waals surface area contributed by atoms with Gasteiger partial charge in [0.05, 0.1) is 24.7 Å². The van der Waals surface area contributed by atoms with Crippen molar-refractivity contribution in [2.45, 2.75) is 36.1 Å². The second kappa shape index (κ2) is 7.46. The third-order valence-corrected chi connectivity index (χ3v) is 7.74. The zero-order valence-electron chi connectivity index (χ0n) is 15.6. The summed E-state index contributed by atoms with van der Waals surface area (Å²) >= 11 is 0. The Morgan fingerprint density at radius 3 is 2.25 bits per heavy atom. The van der Waals surface area contributed by atoms with Gasteiger partial charge in [0, 0.05) is 18.7 Å². The molecular formula is C19H24N2O6S. The molecule has 1 amide bonds. The lowest BCUT2D eigenvalue weighted by Crippen LogP contribution is -2.60. The van der Waals surface area contributed by atoms with Gasteiger partial charge in [0.15, 0.2) is 0 Å². The number of amides is 1. The minimum absolute atomic E-state index is 0.152. The topological polar surface area (TPSA) is 93.2 Å². The molecular weight excluding hydrogens is 384 g/mol. The fourth-order valence-corrected chi connectivity index (χ4v) is 5.69. The molecule has 0 bridgehead atoms. The number of hydrogen-bond acceptors (Lipinski definition) is 6. The molecule has 9 heteroatoms. The van der Waals surface area contributed by atoms with Gasteiger partial charge in [-0.05, 0) is 37.1 Å². The van der Waals surface area contributed by atoms with Gasteiger partial charge >= 0.3 is 5.97 Å². The van der Waals surface area contributed by atoms with Gasteiger partial charge in [-0.15, -0.1) is 0 Å². The summed E-state index contributed by atoms with van der Waals surface area (Å²) in [6.45, 7) is 1.95. The van der Waals surface area contributed by atoms with E-state index in [0.717, 1.165) is 12.8 Å². The summed E-state index contributed by atoms with van der Waals surface area (Å²) in [6.07, 6.45) is 2.99. The van der Waals surface area contributed by atoms with Crippen molar-refractivity contribution in [2.24, 2.45) is 0 Å². The van der Waals surface area contributed by atoms with Gasteiger partial charge in [0.25, 0.3) is 5.91 Å². The van der Waals surface area contributed by atoms with Crippen LogP contribution < -0.4 is 0 Å². The Morgan fingerprint density at radius 1 is 0.964 bits per heavy atom. The molecule has 1 saturated carbocycles. The predicted molar refractivity (Wildman–Crippen MR) is 99.2 cm³/mol. The second-order valence-electron chi connectivity index (χ2n) is 7.37. The molecule has 2 aliphatic heterocycles. The summed E-state index contributed by atoms with van der Waals surface area (Å²) < 4.78 is 37.3. The highest BCUT2D eigenvalue weighted by Gasteiger charge is 2.51. The molecule has 28 heavy (non-hydrogen) atoms. The van der Waals surface area contributed by atoms with E-state index in [4.69, 9.17) is 9.47 Å². The predicted octanol–water partition coefficient (Wildman–Crippen LogP) is 1.02. The molecule has 3 fully saturated rings. The molecule has 1 aliphatic carbocycles. The van der Waals surface area contributed by atoms with Gasteiger partial charge in [-0.1, -0.05) is 12.8 Å². The van der Waals surface area contributed by atoms with Gasteiger partial charge in [0.1, 0.15) is 12.1 Å². The number of ether oxygens (including phenoxy) is 2. The summed E-state index contributed by atoms with van der Waals surface area (Å²) in [4.78, 5) is 27.3. The average Bonchev–Trinajstić information content (AvgIpc) is 3.21. The van der Waals surface area contributed by atoms with Crippen molar-refractivity contribution < 1.29 is 27.5 Å². The Hall–Kier alpha value is -1.97. The molecule has 8 nitrogen and oxygen atoms in total. The van der Waals surface area contributed by atoms with Gasteiger partial charge in [-0.2, -0.15) is 4.31 Å². The van der Waals surface area contributed by atoms with E-state index in [1.165, 1.54) is 28.6 Å². The Labute approximate surface area is 164 Å². The summed E-state index contributed by atoms with van der Waals surface area (Å²) in [5, 5.41) is 0. The van der Waals surface area contributed by atoms with Crippen LogP contribution >= 0.6 is 0 Å². The molecule has 3 aliphatic rings. The van der Waals surface area contributed by atoms with E-state index in [0.29, 0.717) is 51.3 Å². The molecule has 1 spiro atoms. The van der Waals surface area contributed by atoms with E-state index in [1.54, 1.807) is 4.90 Å². The normalized spacial score (nSPS) is 23.0. The van der Waals surface area contributed by atoms with Gasteiger partial charge < -0.3 is 14.4 Å². The van der Waals surface area contributed by atoms with E-state index in [2.05, 4.69) is 0 Å². The van der Waals surface area contributed by atoms with Crippen LogP contribution in [0.2, 0.25) is 0 Å². The Balaban J connectivity index is 1.56. The maximum absolute atomic E-state index is 13.1. The lowest BCUT2D eigenvalue weighted by molar-refractivity contribution is -0.164. The number of benzene rings is 1. The van der Waals surface area contributed by atoms with E-state index < -0.39 is 15.6 Å². The molecule has 1 aromatic rings. The first-order valence-electron chi connectivity index (χ1n) is 9.62. The zero-order valence-corrected chi connectivity index (χ0v) is 16.4. The van der Waals surface area contributed by atoms with Crippen molar-refractivity contribution >= 4 is 21.9 Å². The third kappa shape index (κ3) is 3.21. The first-order chi connectivity index (χ1) is 13.4. The van der Waals surface area contributed by atoms with Crippen LogP contribution in [0.5, 0.6) is 0 Å². The number of cyclic esters (lactones) is 1. The molecule has 0 unspecified atom stereocenters. The number of morpholine rings is 2. The van der Waals surface area contributed by atoms with Crippen molar-refractivity contribution in [1.82, 2.24) is 9.21 Å². The Morgan fingerprint density at radius 2 is 1.61 bits per heavy atom. The third-order valence-electron chi connectivity index (χ3n) is 5.83. The zero-order chi connectivity index (χ0) is 19.8. The first kappa shape index (κ1) is 19.4.